The van der Waals surface area contributed by atoms with Gasteiger partial charge in [0.25, 0.3) is 5.69 Å². The Balaban J connectivity index is 2.14. The van der Waals surface area contributed by atoms with Crippen molar-refractivity contribution in [2.75, 3.05) is 0 Å². The molecule has 3 nitrogen and oxygen atoms in total. The number of nitrogens with zero attached hydrogens (tertiary/aromatic N) is 1. The van der Waals surface area contributed by atoms with Crippen LogP contribution in [0.1, 0.15) is 22.1 Å². The first-order valence-electron chi connectivity index (χ1n) is 6.11. The zero-order chi connectivity index (χ0) is 14.7. The summed E-state index contributed by atoms with van der Waals surface area (Å²) in [5.41, 5.74) is 3.28. The van der Waals surface area contributed by atoms with Gasteiger partial charge in [-0.1, -0.05) is 34.1 Å². The zero-order valence-electron chi connectivity index (χ0n) is 10.8. The average molecular weight is 355 g/mol. The van der Waals surface area contributed by atoms with Gasteiger partial charge in [-0.2, -0.15) is 0 Å². The predicted octanol–water partition coefficient (Wildman–Crippen LogP) is 5.19. The monoisotopic (exact) mass is 353 g/mol. The lowest BCUT2D eigenvalue weighted by Crippen LogP contribution is -1.99. The number of nitro groups is 1. The Labute approximate surface area is 130 Å². The van der Waals surface area contributed by atoms with Crippen LogP contribution in [0.5, 0.6) is 0 Å². The van der Waals surface area contributed by atoms with E-state index in [0.717, 1.165) is 21.2 Å². The fourth-order valence-electron chi connectivity index (χ4n) is 2.06. The van der Waals surface area contributed by atoms with Crippen LogP contribution in [-0.2, 0) is 6.42 Å². The van der Waals surface area contributed by atoms with Gasteiger partial charge in [0.05, 0.1) is 10.3 Å². The first-order valence-corrected chi connectivity index (χ1v) is 7.34. The molecule has 0 aliphatic carbocycles. The second-order valence-corrected chi connectivity index (χ2v) is 6.04. The van der Waals surface area contributed by atoms with E-state index in [1.807, 2.05) is 25.1 Å². The maximum atomic E-state index is 10.6. The van der Waals surface area contributed by atoms with Crippen molar-refractivity contribution < 1.29 is 4.92 Å². The minimum Gasteiger partial charge on any atom is -0.258 e. The van der Waals surface area contributed by atoms with Crippen molar-refractivity contribution in [2.24, 2.45) is 0 Å². The number of hydrogen-bond acceptors (Lipinski definition) is 2. The van der Waals surface area contributed by atoms with E-state index in [-0.39, 0.29) is 11.1 Å². The maximum absolute atomic E-state index is 10.6. The Hall–Kier alpha value is -1.39. The van der Waals surface area contributed by atoms with E-state index in [0.29, 0.717) is 6.42 Å². The summed E-state index contributed by atoms with van der Waals surface area (Å²) in [7, 11) is 0. The van der Waals surface area contributed by atoms with Crippen LogP contribution >= 0.6 is 27.5 Å². The quantitative estimate of drug-likeness (QED) is 0.431. The van der Waals surface area contributed by atoms with E-state index < -0.39 is 4.92 Å². The number of benzene rings is 2. The molecule has 0 saturated heterocycles. The highest BCUT2D eigenvalue weighted by Gasteiger charge is 2.13. The summed E-state index contributed by atoms with van der Waals surface area (Å²) in [4.78, 5) is 10.2. The molecule has 0 aromatic heterocycles. The van der Waals surface area contributed by atoms with Crippen LogP contribution in [0.3, 0.4) is 0 Å². The van der Waals surface area contributed by atoms with E-state index in [4.69, 9.17) is 11.6 Å². The number of aryl methyl sites for hydroxylation is 1. The predicted molar refractivity (Wildman–Crippen MR) is 84.3 cm³/mol. The van der Waals surface area contributed by atoms with E-state index in [1.165, 1.54) is 12.1 Å². The molecule has 2 rings (SSSR count). The maximum Gasteiger partial charge on any atom is 0.269 e. The fourth-order valence-corrected chi connectivity index (χ4v) is 2.96. The molecular weight excluding hydrogens is 342 g/mol. The SMILES string of the molecule is Cc1cc(Br)ccc1C(Cl)Cc1ccc([N+](=O)[O-])cc1. The molecule has 0 spiro atoms. The lowest BCUT2D eigenvalue weighted by molar-refractivity contribution is -0.384. The molecule has 104 valence electrons. The standard InChI is InChI=1S/C15H13BrClNO2/c1-10-8-12(16)4-7-14(10)15(17)9-11-2-5-13(6-3-11)18(19)20/h2-8,15H,9H2,1H3. The number of nitro benzene ring substituents is 1. The van der Waals surface area contributed by atoms with Gasteiger partial charge in [-0.05, 0) is 42.2 Å². The molecule has 2 aromatic carbocycles. The molecule has 0 radical (unpaired) electrons. The number of hydrogen-bond donors (Lipinski definition) is 0. The summed E-state index contributed by atoms with van der Waals surface area (Å²) in [6.45, 7) is 2.02. The molecule has 1 atom stereocenters. The average Bonchev–Trinajstić information content (AvgIpc) is 2.39. The normalized spacial score (nSPS) is 12.2. The van der Waals surface area contributed by atoms with Gasteiger partial charge in [-0.3, -0.25) is 10.1 Å². The molecule has 0 fully saturated rings. The Bertz CT molecular complexity index is 628. The van der Waals surface area contributed by atoms with Gasteiger partial charge in [0.15, 0.2) is 0 Å². The largest absolute Gasteiger partial charge is 0.269 e. The molecule has 0 bridgehead atoms. The lowest BCUT2D eigenvalue weighted by atomic mass is 10.00. The molecular formula is C15H13BrClNO2. The van der Waals surface area contributed by atoms with Gasteiger partial charge in [-0.25, -0.2) is 0 Å². The van der Waals surface area contributed by atoms with Gasteiger partial charge >= 0.3 is 0 Å². The molecule has 1 unspecified atom stereocenters. The first-order chi connectivity index (χ1) is 9.47. The number of rotatable bonds is 4. The molecule has 0 heterocycles. The zero-order valence-corrected chi connectivity index (χ0v) is 13.2. The van der Waals surface area contributed by atoms with E-state index in [9.17, 15) is 10.1 Å². The number of halogens is 2. The van der Waals surface area contributed by atoms with Crippen molar-refractivity contribution in [3.05, 3.63) is 73.7 Å². The van der Waals surface area contributed by atoms with Crippen LogP contribution in [0.4, 0.5) is 5.69 Å². The third-order valence-electron chi connectivity index (χ3n) is 3.13. The molecule has 0 amide bonds. The molecule has 2 aromatic rings. The van der Waals surface area contributed by atoms with Gasteiger partial charge in [0.2, 0.25) is 0 Å². The summed E-state index contributed by atoms with van der Waals surface area (Å²) in [6.07, 6.45) is 0.641. The Morgan fingerprint density at radius 1 is 1.25 bits per heavy atom. The molecule has 0 saturated carbocycles. The molecule has 0 aliphatic rings. The highest BCUT2D eigenvalue weighted by Crippen LogP contribution is 2.29. The van der Waals surface area contributed by atoms with Gasteiger partial charge in [0, 0.05) is 16.6 Å². The topological polar surface area (TPSA) is 43.1 Å². The Morgan fingerprint density at radius 3 is 2.45 bits per heavy atom. The van der Waals surface area contributed by atoms with E-state index in [1.54, 1.807) is 12.1 Å². The van der Waals surface area contributed by atoms with Crippen molar-refractivity contribution in [1.82, 2.24) is 0 Å². The third-order valence-corrected chi connectivity index (χ3v) is 4.01. The van der Waals surface area contributed by atoms with E-state index >= 15 is 0 Å². The van der Waals surface area contributed by atoms with Gasteiger partial charge in [0.1, 0.15) is 0 Å². The van der Waals surface area contributed by atoms with Gasteiger partial charge < -0.3 is 0 Å². The molecule has 20 heavy (non-hydrogen) atoms. The van der Waals surface area contributed by atoms with Crippen LogP contribution in [0.25, 0.3) is 0 Å². The summed E-state index contributed by atoms with van der Waals surface area (Å²) >= 11 is 9.88. The smallest absolute Gasteiger partial charge is 0.258 e. The van der Waals surface area contributed by atoms with Crippen LogP contribution in [0.2, 0.25) is 0 Å². The minimum absolute atomic E-state index is 0.0969. The first kappa shape index (κ1) is 15.0. The van der Waals surface area contributed by atoms with Crippen molar-refractivity contribution in [1.29, 1.82) is 0 Å². The van der Waals surface area contributed by atoms with Crippen LogP contribution in [0, 0.1) is 17.0 Å². The van der Waals surface area contributed by atoms with Crippen molar-refractivity contribution in [3.63, 3.8) is 0 Å². The summed E-state index contributed by atoms with van der Waals surface area (Å²) in [5.74, 6) is 0. The molecule has 0 N–H and O–H groups in total. The Morgan fingerprint density at radius 2 is 1.90 bits per heavy atom. The van der Waals surface area contributed by atoms with Crippen LogP contribution in [-0.4, -0.2) is 4.92 Å². The van der Waals surface area contributed by atoms with E-state index in [2.05, 4.69) is 15.9 Å². The minimum atomic E-state index is -0.402. The molecule has 0 aliphatic heterocycles. The highest BCUT2D eigenvalue weighted by molar-refractivity contribution is 9.10. The summed E-state index contributed by atoms with van der Waals surface area (Å²) in [6, 6.07) is 12.5. The number of alkyl halides is 1. The van der Waals surface area contributed by atoms with Gasteiger partial charge in [-0.15, -0.1) is 11.6 Å². The lowest BCUT2D eigenvalue weighted by Gasteiger charge is -2.13. The summed E-state index contributed by atoms with van der Waals surface area (Å²) < 4.78 is 1.03. The number of non-ortho nitro benzene ring substituents is 1. The Kier molecular flexibility index (Phi) is 4.78. The molecule has 5 heteroatoms. The van der Waals surface area contributed by atoms with Crippen molar-refractivity contribution >= 4 is 33.2 Å². The third kappa shape index (κ3) is 3.58. The highest BCUT2D eigenvalue weighted by atomic mass is 79.9. The van der Waals surface area contributed by atoms with Crippen molar-refractivity contribution in [3.8, 4) is 0 Å². The summed E-state index contributed by atoms with van der Waals surface area (Å²) in [5, 5.41) is 10.5. The van der Waals surface area contributed by atoms with Crippen LogP contribution in [0.15, 0.2) is 46.9 Å². The second kappa shape index (κ2) is 6.37. The fraction of sp³-hybridized carbons (Fsp3) is 0.200. The van der Waals surface area contributed by atoms with Crippen LogP contribution < -0.4 is 0 Å². The van der Waals surface area contributed by atoms with Crippen molar-refractivity contribution in [2.45, 2.75) is 18.7 Å². The second-order valence-electron chi connectivity index (χ2n) is 4.60.